The number of rotatable bonds is 4. The largest absolute Gasteiger partial charge is 0.348 e. The lowest BCUT2D eigenvalue weighted by molar-refractivity contribution is 0.0951. The fraction of sp³-hybridized carbons (Fsp3) is 0.0588. The molecule has 0 fully saturated rings. The molecule has 1 amide bonds. The molecule has 5 heteroatoms. The molecule has 0 spiro atoms. The fourth-order valence-corrected chi connectivity index (χ4v) is 2.12. The lowest BCUT2D eigenvalue weighted by Gasteiger charge is -2.09. The van der Waals surface area contributed by atoms with Crippen LogP contribution >= 0.6 is 0 Å². The number of aromatic nitrogens is 3. The third-order valence-electron chi connectivity index (χ3n) is 3.21. The van der Waals surface area contributed by atoms with Gasteiger partial charge in [0.1, 0.15) is 0 Å². The Kier molecular flexibility index (Phi) is 4.15. The summed E-state index contributed by atoms with van der Waals surface area (Å²) in [5.74, 6) is -0.136. The van der Waals surface area contributed by atoms with Crippen LogP contribution in [0.4, 0.5) is 0 Å². The van der Waals surface area contributed by atoms with Crippen LogP contribution in [0, 0.1) is 0 Å². The normalized spacial score (nSPS) is 10.2. The molecule has 0 unspecified atom stereocenters. The van der Waals surface area contributed by atoms with Gasteiger partial charge in [-0.1, -0.05) is 6.07 Å². The van der Waals surface area contributed by atoms with Crippen LogP contribution < -0.4 is 5.32 Å². The molecule has 0 saturated carbocycles. The number of hydrogen-bond acceptors (Lipinski definition) is 4. The summed E-state index contributed by atoms with van der Waals surface area (Å²) in [7, 11) is 0. The molecule has 3 heterocycles. The van der Waals surface area contributed by atoms with Crippen LogP contribution in [0.5, 0.6) is 0 Å². The van der Waals surface area contributed by atoms with Crippen LogP contribution in [0.15, 0.2) is 67.4 Å². The summed E-state index contributed by atoms with van der Waals surface area (Å²) in [6.07, 6.45) is 8.41. The van der Waals surface area contributed by atoms with Crippen molar-refractivity contribution in [3.63, 3.8) is 0 Å². The van der Waals surface area contributed by atoms with Gasteiger partial charge < -0.3 is 5.32 Å². The summed E-state index contributed by atoms with van der Waals surface area (Å²) in [4.78, 5) is 24.5. The average Bonchev–Trinajstić information content (AvgIpc) is 2.61. The lowest BCUT2D eigenvalue weighted by atomic mass is 10.1. The van der Waals surface area contributed by atoms with Crippen molar-refractivity contribution in [3.8, 4) is 11.3 Å². The summed E-state index contributed by atoms with van der Waals surface area (Å²) in [5.41, 5.74) is 3.28. The van der Waals surface area contributed by atoms with E-state index in [1.165, 1.54) is 0 Å². The molecule has 22 heavy (non-hydrogen) atoms. The molecule has 5 nitrogen and oxygen atoms in total. The highest BCUT2D eigenvalue weighted by Crippen LogP contribution is 2.19. The van der Waals surface area contributed by atoms with E-state index in [9.17, 15) is 4.79 Å². The van der Waals surface area contributed by atoms with Crippen molar-refractivity contribution in [2.75, 3.05) is 0 Å². The van der Waals surface area contributed by atoms with Crippen molar-refractivity contribution in [2.45, 2.75) is 6.54 Å². The van der Waals surface area contributed by atoms with Crippen LogP contribution in [0.3, 0.4) is 0 Å². The van der Waals surface area contributed by atoms with Gasteiger partial charge in [0.25, 0.3) is 5.91 Å². The van der Waals surface area contributed by atoms with Crippen LogP contribution in [-0.4, -0.2) is 20.9 Å². The van der Waals surface area contributed by atoms with Crippen molar-refractivity contribution in [3.05, 3.63) is 78.5 Å². The first-order valence-electron chi connectivity index (χ1n) is 6.87. The maximum Gasteiger partial charge on any atom is 0.251 e. The highest BCUT2D eigenvalue weighted by Gasteiger charge is 2.09. The van der Waals surface area contributed by atoms with Crippen LogP contribution in [0.2, 0.25) is 0 Å². The van der Waals surface area contributed by atoms with Crippen molar-refractivity contribution in [1.29, 1.82) is 0 Å². The molecule has 3 rings (SSSR count). The van der Waals surface area contributed by atoms with E-state index in [2.05, 4.69) is 20.3 Å². The molecule has 3 aromatic heterocycles. The zero-order valence-corrected chi connectivity index (χ0v) is 11.8. The first-order valence-corrected chi connectivity index (χ1v) is 6.87. The second-order valence-electron chi connectivity index (χ2n) is 4.67. The Labute approximate surface area is 128 Å². The fourth-order valence-electron chi connectivity index (χ4n) is 2.12. The van der Waals surface area contributed by atoms with Gasteiger partial charge in [-0.3, -0.25) is 19.7 Å². The SMILES string of the molecule is O=C(NCc1cccnc1-c1cccnc1)c1ccncc1. The smallest absolute Gasteiger partial charge is 0.251 e. The van der Waals surface area contributed by atoms with E-state index < -0.39 is 0 Å². The summed E-state index contributed by atoms with van der Waals surface area (Å²) in [5, 5.41) is 2.90. The summed E-state index contributed by atoms with van der Waals surface area (Å²) in [6.45, 7) is 0.402. The molecule has 108 valence electrons. The van der Waals surface area contributed by atoms with Gasteiger partial charge in [0, 0.05) is 48.7 Å². The maximum atomic E-state index is 12.1. The molecule has 1 N–H and O–H groups in total. The maximum absolute atomic E-state index is 12.1. The molecule has 0 aliphatic carbocycles. The van der Waals surface area contributed by atoms with Crippen LogP contribution in [-0.2, 0) is 6.54 Å². The van der Waals surface area contributed by atoms with E-state index in [0.29, 0.717) is 12.1 Å². The number of nitrogens with zero attached hydrogens (tertiary/aromatic N) is 3. The molecular weight excluding hydrogens is 276 g/mol. The van der Waals surface area contributed by atoms with Gasteiger partial charge in [-0.05, 0) is 35.9 Å². The first-order chi connectivity index (χ1) is 10.8. The first kappa shape index (κ1) is 13.9. The van der Waals surface area contributed by atoms with Crippen molar-refractivity contribution >= 4 is 5.91 Å². The minimum atomic E-state index is -0.136. The summed E-state index contributed by atoms with van der Waals surface area (Å²) >= 11 is 0. The Balaban J connectivity index is 1.78. The zero-order chi connectivity index (χ0) is 15.2. The standard InChI is InChI=1S/C17H14N4O/c22-17(13-5-9-18-10-6-13)21-12-15-4-2-8-20-16(15)14-3-1-7-19-11-14/h1-11H,12H2,(H,21,22). The summed E-state index contributed by atoms with van der Waals surface area (Å²) < 4.78 is 0. The Morgan fingerprint density at radius 1 is 0.955 bits per heavy atom. The molecule has 3 aromatic rings. The topological polar surface area (TPSA) is 67.8 Å². The number of hydrogen-bond donors (Lipinski definition) is 1. The third kappa shape index (κ3) is 3.15. The minimum Gasteiger partial charge on any atom is -0.348 e. The Morgan fingerprint density at radius 3 is 2.55 bits per heavy atom. The van der Waals surface area contributed by atoms with Gasteiger partial charge in [0.2, 0.25) is 0 Å². The second kappa shape index (κ2) is 6.58. The van der Waals surface area contributed by atoms with E-state index in [-0.39, 0.29) is 5.91 Å². The highest BCUT2D eigenvalue weighted by molar-refractivity contribution is 5.94. The predicted octanol–water partition coefficient (Wildman–Crippen LogP) is 2.47. The van der Waals surface area contributed by atoms with E-state index >= 15 is 0 Å². The molecular formula is C17H14N4O. The molecule has 0 aliphatic rings. The van der Waals surface area contributed by atoms with Gasteiger partial charge in [-0.25, -0.2) is 0 Å². The molecule has 0 radical (unpaired) electrons. The van der Waals surface area contributed by atoms with Crippen molar-refractivity contribution in [1.82, 2.24) is 20.3 Å². The lowest BCUT2D eigenvalue weighted by Crippen LogP contribution is -2.23. The van der Waals surface area contributed by atoms with Gasteiger partial charge in [-0.15, -0.1) is 0 Å². The zero-order valence-electron chi connectivity index (χ0n) is 11.8. The predicted molar refractivity (Wildman–Crippen MR) is 82.9 cm³/mol. The van der Waals surface area contributed by atoms with Gasteiger partial charge >= 0.3 is 0 Å². The van der Waals surface area contributed by atoms with E-state index in [0.717, 1.165) is 16.8 Å². The van der Waals surface area contributed by atoms with Crippen LogP contribution in [0.25, 0.3) is 11.3 Å². The van der Waals surface area contributed by atoms with Crippen molar-refractivity contribution in [2.24, 2.45) is 0 Å². The number of carbonyl (C=O) groups excluding carboxylic acids is 1. The average molecular weight is 290 g/mol. The number of pyridine rings is 3. The Bertz CT molecular complexity index is 760. The highest BCUT2D eigenvalue weighted by atomic mass is 16.1. The quantitative estimate of drug-likeness (QED) is 0.801. The van der Waals surface area contributed by atoms with E-state index in [1.54, 1.807) is 43.1 Å². The molecule has 0 saturated heterocycles. The second-order valence-corrected chi connectivity index (χ2v) is 4.67. The summed E-state index contributed by atoms with van der Waals surface area (Å²) in [6, 6.07) is 11.0. The number of amides is 1. The van der Waals surface area contributed by atoms with Gasteiger partial charge in [-0.2, -0.15) is 0 Å². The molecule has 0 bridgehead atoms. The van der Waals surface area contributed by atoms with Crippen LogP contribution in [0.1, 0.15) is 15.9 Å². The van der Waals surface area contributed by atoms with E-state index in [1.807, 2.05) is 24.3 Å². The molecule has 0 aromatic carbocycles. The van der Waals surface area contributed by atoms with Gasteiger partial charge in [0.05, 0.1) is 5.69 Å². The van der Waals surface area contributed by atoms with E-state index in [4.69, 9.17) is 0 Å². The minimum absolute atomic E-state index is 0.136. The number of carbonyl (C=O) groups is 1. The molecule has 0 aliphatic heterocycles. The number of nitrogens with one attached hydrogen (secondary N) is 1. The van der Waals surface area contributed by atoms with Crippen molar-refractivity contribution < 1.29 is 4.79 Å². The Hall–Kier alpha value is -3.08. The Morgan fingerprint density at radius 2 is 1.77 bits per heavy atom. The monoisotopic (exact) mass is 290 g/mol. The van der Waals surface area contributed by atoms with Gasteiger partial charge in [0.15, 0.2) is 0 Å². The third-order valence-corrected chi connectivity index (χ3v) is 3.21. The molecule has 0 atom stereocenters.